The van der Waals surface area contributed by atoms with Crippen molar-refractivity contribution in [2.24, 2.45) is 0 Å². The molecule has 19 heavy (non-hydrogen) atoms. The molecule has 1 aromatic carbocycles. The summed E-state index contributed by atoms with van der Waals surface area (Å²) in [6, 6.07) is 4.21. The number of aromatic nitrogens is 2. The maximum absolute atomic E-state index is 5.82. The second kappa shape index (κ2) is 5.45. The Morgan fingerprint density at radius 1 is 1.32 bits per heavy atom. The summed E-state index contributed by atoms with van der Waals surface area (Å²) in [6.45, 7) is 6.14. The number of aryl methyl sites for hydroxylation is 3. The fourth-order valence-corrected chi connectivity index (χ4v) is 2.10. The van der Waals surface area contributed by atoms with Gasteiger partial charge in [-0.1, -0.05) is 19.1 Å². The summed E-state index contributed by atoms with van der Waals surface area (Å²) in [6.07, 6.45) is 2.56. The van der Waals surface area contributed by atoms with E-state index in [4.69, 9.17) is 22.1 Å². The first-order chi connectivity index (χ1) is 9.01. The Hall–Kier alpha value is -1.81. The van der Waals surface area contributed by atoms with Crippen LogP contribution in [0.5, 0.6) is 11.6 Å². The van der Waals surface area contributed by atoms with E-state index in [2.05, 4.69) is 29.0 Å². The summed E-state index contributed by atoms with van der Waals surface area (Å²) < 4.78 is 5.81. The summed E-state index contributed by atoms with van der Waals surface area (Å²) in [7, 11) is 0. The number of ether oxygens (including phenoxy) is 1. The van der Waals surface area contributed by atoms with E-state index in [9.17, 15) is 0 Å². The first kappa shape index (κ1) is 13.6. The van der Waals surface area contributed by atoms with E-state index < -0.39 is 0 Å². The highest BCUT2D eigenvalue weighted by molar-refractivity contribution is 6.27. The molecule has 2 aromatic rings. The van der Waals surface area contributed by atoms with Crippen LogP contribution in [0.25, 0.3) is 0 Å². The summed E-state index contributed by atoms with van der Waals surface area (Å²) in [4.78, 5) is 6.78. The van der Waals surface area contributed by atoms with E-state index in [0.717, 1.165) is 23.3 Å². The first-order valence-electron chi connectivity index (χ1n) is 6.13. The molecular formula is C14H17ClN3O+. The van der Waals surface area contributed by atoms with Crippen molar-refractivity contribution in [3.8, 4) is 11.6 Å². The minimum Gasteiger partial charge on any atom is -0.418 e. The van der Waals surface area contributed by atoms with Gasteiger partial charge in [0, 0.05) is 16.6 Å². The maximum atomic E-state index is 5.82. The molecule has 0 unspecified atom stereocenters. The molecule has 0 saturated carbocycles. The number of nitrogens with two attached hydrogens (primary N) is 1. The molecule has 5 heteroatoms. The number of benzene rings is 1. The van der Waals surface area contributed by atoms with E-state index in [1.807, 2.05) is 13.8 Å². The Morgan fingerprint density at radius 3 is 2.53 bits per heavy atom. The van der Waals surface area contributed by atoms with Gasteiger partial charge in [0.1, 0.15) is 11.9 Å². The third-order valence-corrected chi connectivity index (χ3v) is 3.11. The molecule has 0 saturated heterocycles. The number of hydrogen-bond donors (Lipinski definition) is 1. The van der Waals surface area contributed by atoms with Crippen molar-refractivity contribution < 1.29 is 9.72 Å². The number of anilines is 1. The number of H-pyrrole nitrogens is 1. The second-order valence-electron chi connectivity index (χ2n) is 4.47. The van der Waals surface area contributed by atoms with Crippen LogP contribution < -0.4 is 15.5 Å². The highest BCUT2D eigenvalue weighted by Crippen LogP contribution is 2.31. The van der Waals surface area contributed by atoms with E-state index in [1.165, 1.54) is 5.56 Å². The average molecular weight is 279 g/mol. The lowest BCUT2D eigenvalue weighted by Gasteiger charge is -2.11. The number of halogens is 1. The third-order valence-electron chi connectivity index (χ3n) is 2.92. The van der Waals surface area contributed by atoms with Crippen LogP contribution in [0.15, 0.2) is 18.3 Å². The molecule has 100 valence electrons. The summed E-state index contributed by atoms with van der Waals surface area (Å²) in [5, 5.41) is 0.240. The van der Waals surface area contributed by atoms with E-state index in [0.29, 0.717) is 11.6 Å². The van der Waals surface area contributed by atoms with Gasteiger partial charge in [-0.3, -0.25) is 0 Å². The summed E-state index contributed by atoms with van der Waals surface area (Å²) >= 11 is 5.81. The van der Waals surface area contributed by atoms with Crippen molar-refractivity contribution in [2.45, 2.75) is 27.2 Å². The monoisotopic (exact) mass is 278 g/mol. The molecule has 0 aliphatic heterocycles. The van der Waals surface area contributed by atoms with Crippen LogP contribution in [0, 0.1) is 13.8 Å². The predicted octanol–water partition coefficient (Wildman–Crippen LogP) is 3.10. The van der Waals surface area contributed by atoms with Gasteiger partial charge in [0.05, 0.1) is 0 Å². The van der Waals surface area contributed by atoms with Crippen LogP contribution in [0.3, 0.4) is 0 Å². The second-order valence-corrected chi connectivity index (χ2v) is 4.82. The van der Waals surface area contributed by atoms with E-state index in [-0.39, 0.29) is 5.28 Å². The lowest BCUT2D eigenvalue weighted by Crippen LogP contribution is -2.09. The number of nitrogens with zero attached hydrogens (tertiary/aromatic N) is 1. The van der Waals surface area contributed by atoms with Crippen LogP contribution in [0.1, 0.15) is 23.6 Å². The number of nitrogens with one attached hydrogen (secondary N) is 1. The molecule has 4 nitrogen and oxygen atoms in total. The molecule has 1 aromatic heterocycles. The molecule has 0 radical (unpaired) electrons. The molecule has 0 spiro atoms. The third kappa shape index (κ3) is 2.96. The SMILES string of the molecule is CCc1cc(C)c(Oc2nc(Cl)[nH+]cc2N)c(C)c1. The van der Waals surface area contributed by atoms with Gasteiger partial charge >= 0.3 is 11.2 Å². The Labute approximate surface area is 117 Å². The van der Waals surface area contributed by atoms with Crippen molar-refractivity contribution in [1.82, 2.24) is 4.98 Å². The molecule has 0 bridgehead atoms. The zero-order chi connectivity index (χ0) is 14.0. The Morgan fingerprint density at radius 2 is 1.95 bits per heavy atom. The van der Waals surface area contributed by atoms with E-state index >= 15 is 0 Å². The van der Waals surface area contributed by atoms with Crippen LogP contribution in [-0.2, 0) is 6.42 Å². The first-order valence-corrected chi connectivity index (χ1v) is 6.50. The summed E-state index contributed by atoms with van der Waals surface area (Å²) in [5.74, 6) is 1.10. The maximum Gasteiger partial charge on any atom is 0.397 e. The van der Waals surface area contributed by atoms with Crippen molar-refractivity contribution in [3.63, 3.8) is 0 Å². The van der Waals surface area contributed by atoms with Gasteiger partial charge < -0.3 is 10.5 Å². The molecular weight excluding hydrogens is 262 g/mol. The van der Waals surface area contributed by atoms with E-state index in [1.54, 1.807) is 6.20 Å². The molecule has 3 N–H and O–H groups in total. The zero-order valence-electron chi connectivity index (χ0n) is 11.2. The molecule has 0 amide bonds. The van der Waals surface area contributed by atoms with Crippen molar-refractivity contribution in [3.05, 3.63) is 40.3 Å². The standard InChI is InChI=1S/C14H16ClN3O/c1-4-10-5-8(2)12(9(3)6-10)19-13-11(16)7-17-14(15)18-13/h5-7H,4,16H2,1-3H3/p+1. The number of hydrogen-bond acceptors (Lipinski definition) is 3. The van der Waals surface area contributed by atoms with Crippen LogP contribution in [-0.4, -0.2) is 4.98 Å². The van der Waals surface area contributed by atoms with Crippen LogP contribution in [0.4, 0.5) is 5.69 Å². The molecule has 0 aliphatic rings. The predicted molar refractivity (Wildman–Crippen MR) is 75.6 cm³/mol. The highest BCUT2D eigenvalue weighted by Gasteiger charge is 2.16. The quantitative estimate of drug-likeness (QED) is 0.878. The fourth-order valence-electron chi connectivity index (χ4n) is 1.97. The van der Waals surface area contributed by atoms with Crippen LogP contribution in [0.2, 0.25) is 5.28 Å². The smallest absolute Gasteiger partial charge is 0.397 e. The zero-order valence-corrected chi connectivity index (χ0v) is 12.0. The minimum absolute atomic E-state index is 0.240. The van der Waals surface area contributed by atoms with Gasteiger partial charge in [-0.15, -0.1) is 0 Å². The van der Waals surface area contributed by atoms with Gasteiger partial charge in [-0.25, -0.2) is 4.98 Å². The Balaban J connectivity index is 2.41. The highest BCUT2D eigenvalue weighted by atomic mass is 35.5. The number of aromatic amines is 1. The minimum atomic E-state index is 0.240. The largest absolute Gasteiger partial charge is 0.418 e. The van der Waals surface area contributed by atoms with Gasteiger partial charge in [0.15, 0.2) is 5.69 Å². The summed E-state index contributed by atoms with van der Waals surface area (Å²) in [5.41, 5.74) is 9.63. The molecule has 0 atom stereocenters. The molecule has 0 aliphatic carbocycles. The lowest BCUT2D eigenvalue weighted by molar-refractivity contribution is -0.379. The fraction of sp³-hybridized carbons (Fsp3) is 0.286. The van der Waals surface area contributed by atoms with Gasteiger partial charge in [-0.2, -0.15) is 0 Å². The van der Waals surface area contributed by atoms with Crippen molar-refractivity contribution in [2.75, 3.05) is 5.73 Å². The van der Waals surface area contributed by atoms with Crippen LogP contribution >= 0.6 is 11.6 Å². The molecule has 1 heterocycles. The van der Waals surface area contributed by atoms with Gasteiger partial charge in [0.2, 0.25) is 0 Å². The molecule has 2 rings (SSSR count). The topological polar surface area (TPSA) is 62.3 Å². The number of nitrogen functional groups attached to an aromatic ring is 1. The number of rotatable bonds is 3. The van der Waals surface area contributed by atoms with Crippen molar-refractivity contribution >= 4 is 17.3 Å². The Kier molecular flexibility index (Phi) is 3.90. The van der Waals surface area contributed by atoms with Crippen molar-refractivity contribution in [1.29, 1.82) is 0 Å². The Bertz CT molecular complexity index is 591. The van der Waals surface area contributed by atoms with Gasteiger partial charge in [-0.05, 0) is 37.0 Å². The van der Waals surface area contributed by atoms with Gasteiger partial charge in [0.25, 0.3) is 0 Å². The normalized spacial score (nSPS) is 10.5. The average Bonchev–Trinajstić information content (AvgIpc) is 2.37. The lowest BCUT2D eigenvalue weighted by atomic mass is 10.0. The molecule has 0 fully saturated rings.